The van der Waals surface area contributed by atoms with Gasteiger partial charge in [-0.2, -0.15) is 0 Å². The largest absolute Gasteiger partial charge is 0.396 e. The molecule has 114 valence electrons. The molecule has 2 N–H and O–H groups in total. The number of nitrogens with two attached hydrogens (primary N) is 1. The van der Waals surface area contributed by atoms with Crippen molar-refractivity contribution in [2.45, 2.75) is 25.3 Å². The van der Waals surface area contributed by atoms with Crippen molar-refractivity contribution in [1.82, 2.24) is 9.80 Å². The number of likely N-dealkylation sites (tertiary alicyclic amines) is 2. The van der Waals surface area contributed by atoms with Gasteiger partial charge in [-0.15, -0.1) is 0 Å². The van der Waals surface area contributed by atoms with Crippen LogP contribution in [0.15, 0.2) is 18.2 Å². The molecule has 0 spiro atoms. The maximum Gasteiger partial charge on any atom is 0.256 e. The number of carbonyl (C=O) groups excluding carboxylic acids is 1. The quantitative estimate of drug-likeness (QED) is 0.805. The SMILES string of the molecule is CN1CCCC2CN(C(=O)c3cccc(F)c3N)CCC21. The van der Waals surface area contributed by atoms with E-state index < -0.39 is 5.82 Å². The molecule has 2 saturated heterocycles. The molecule has 0 radical (unpaired) electrons. The molecule has 5 heteroatoms. The molecule has 1 amide bonds. The van der Waals surface area contributed by atoms with Crippen molar-refractivity contribution in [1.29, 1.82) is 0 Å². The third-order valence-electron chi connectivity index (χ3n) is 4.92. The van der Waals surface area contributed by atoms with Gasteiger partial charge in [0.1, 0.15) is 5.82 Å². The van der Waals surface area contributed by atoms with E-state index in [2.05, 4.69) is 11.9 Å². The summed E-state index contributed by atoms with van der Waals surface area (Å²) in [7, 11) is 2.17. The highest BCUT2D eigenvalue weighted by atomic mass is 19.1. The van der Waals surface area contributed by atoms with E-state index in [1.54, 1.807) is 12.1 Å². The lowest BCUT2D eigenvalue weighted by atomic mass is 9.84. The lowest BCUT2D eigenvalue weighted by Crippen LogP contribution is -2.54. The summed E-state index contributed by atoms with van der Waals surface area (Å²) in [6.45, 7) is 2.62. The van der Waals surface area contributed by atoms with Crippen molar-refractivity contribution in [3.05, 3.63) is 29.6 Å². The highest BCUT2D eigenvalue weighted by molar-refractivity contribution is 5.99. The average molecular weight is 291 g/mol. The second kappa shape index (κ2) is 5.64. The summed E-state index contributed by atoms with van der Waals surface area (Å²) in [5, 5.41) is 0. The van der Waals surface area contributed by atoms with Crippen molar-refractivity contribution < 1.29 is 9.18 Å². The topological polar surface area (TPSA) is 49.6 Å². The van der Waals surface area contributed by atoms with Crippen LogP contribution >= 0.6 is 0 Å². The van der Waals surface area contributed by atoms with Crippen LogP contribution in [0, 0.1) is 11.7 Å². The molecule has 1 aromatic rings. The van der Waals surface area contributed by atoms with E-state index in [-0.39, 0.29) is 17.2 Å². The summed E-state index contributed by atoms with van der Waals surface area (Å²) in [5.41, 5.74) is 5.97. The van der Waals surface area contributed by atoms with Crippen LogP contribution in [0.25, 0.3) is 0 Å². The number of hydrogen-bond acceptors (Lipinski definition) is 3. The Balaban J connectivity index is 1.76. The fourth-order valence-electron chi connectivity index (χ4n) is 3.73. The first-order valence-electron chi connectivity index (χ1n) is 7.61. The van der Waals surface area contributed by atoms with E-state index in [0.29, 0.717) is 12.0 Å². The molecule has 0 aliphatic carbocycles. The molecule has 2 heterocycles. The van der Waals surface area contributed by atoms with Crippen LogP contribution in [0.2, 0.25) is 0 Å². The number of piperidine rings is 2. The third kappa shape index (κ3) is 2.62. The van der Waals surface area contributed by atoms with Crippen LogP contribution < -0.4 is 5.73 Å². The summed E-state index contributed by atoms with van der Waals surface area (Å²) in [4.78, 5) is 16.8. The summed E-state index contributed by atoms with van der Waals surface area (Å²) in [5.74, 6) is -0.136. The Labute approximate surface area is 124 Å². The van der Waals surface area contributed by atoms with Gasteiger partial charge in [0.15, 0.2) is 0 Å². The number of para-hydroxylation sites is 1. The van der Waals surface area contributed by atoms with E-state index >= 15 is 0 Å². The first kappa shape index (κ1) is 14.3. The molecule has 3 rings (SSSR count). The molecule has 2 fully saturated rings. The van der Waals surface area contributed by atoms with Crippen molar-refractivity contribution in [3.8, 4) is 0 Å². The number of benzene rings is 1. The summed E-state index contributed by atoms with van der Waals surface area (Å²) >= 11 is 0. The van der Waals surface area contributed by atoms with Gasteiger partial charge in [0.25, 0.3) is 5.91 Å². The Hall–Kier alpha value is -1.62. The van der Waals surface area contributed by atoms with Crippen LogP contribution in [0.5, 0.6) is 0 Å². The van der Waals surface area contributed by atoms with Gasteiger partial charge in [0, 0.05) is 19.1 Å². The standard InChI is InChI=1S/C16H22FN3O/c1-19-8-3-4-11-10-20(9-7-14(11)19)16(21)12-5-2-6-13(17)15(12)18/h2,5-6,11,14H,3-4,7-10,18H2,1H3. The average Bonchev–Trinajstić information content (AvgIpc) is 2.49. The van der Waals surface area contributed by atoms with Crippen LogP contribution in [0.4, 0.5) is 10.1 Å². The second-order valence-corrected chi connectivity index (χ2v) is 6.19. The molecule has 4 nitrogen and oxygen atoms in total. The normalized spacial score (nSPS) is 26.5. The number of carbonyl (C=O) groups is 1. The van der Waals surface area contributed by atoms with Gasteiger partial charge < -0.3 is 15.5 Å². The van der Waals surface area contributed by atoms with E-state index in [4.69, 9.17) is 5.73 Å². The predicted octanol–water partition coefficient (Wildman–Crippen LogP) is 1.96. The van der Waals surface area contributed by atoms with Crippen molar-refractivity contribution in [2.75, 3.05) is 32.4 Å². The van der Waals surface area contributed by atoms with E-state index in [0.717, 1.165) is 32.5 Å². The van der Waals surface area contributed by atoms with E-state index in [1.165, 1.54) is 12.5 Å². The Kier molecular flexibility index (Phi) is 3.85. The smallest absolute Gasteiger partial charge is 0.256 e. The number of hydrogen-bond donors (Lipinski definition) is 1. The molecule has 0 aromatic heterocycles. The highest BCUT2D eigenvalue weighted by Gasteiger charge is 2.36. The molecule has 2 unspecified atom stereocenters. The van der Waals surface area contributed by atoms with Gasteiger partial charge >= 0.3 is 0 Å². The first-order valence-corrected chi connectivity index (χ1v) is 7.61. The number of halogens is 1. The number of nitrogens with zero attached hydrogens (tertiary/aromatic N) is 2. The summed E-state index contributed by atoms with van der Waals surface area (Å²) in [6.07, 6.45) is 3.33. The lowest BCUT2D eigenvalue weighted by molar-refractivity contribution is 0.0317. The van der Waals surface area contributed by atoms with Crippen LogP contribution in [-0.2, 0) is 0 Å². The number of anilines is 1. The van der Waals surface area contributed by atoms with Gasteiger partial charge in [-0.1, -0.05) is 6.07 Å². The Morgan fingerprint density at radius 2 is 2.14 bits per heavy atom. The predicted molar refractivity (Wildman–Crippen MR) is 80.5 cm³/mol. The lowest BCUT2D eigenvalue weighted by Gasteiger charge is -2.46. The maximum atomic E-state index is 13.5. The molecule has 2 atom stereocenters. The molecule has 0 bridgehead atoms. The Morgan fingerprint density at radius 1 is 1.33 bits per heavy atom. The Morgan fingerprint density at radius 3 is 2.95 bits per heavy atom. The van der Waals surface area contributed by atoms with Crippen LogP contribution in [0.1, 0.15) is 29.6 Å². The van der Waals surface area contributed by atoms with Crippen LogP contribution in [-0.4, -0.2) is 48.4 Å². The maximum absolute atomic E-state index is 13.5. The number of nitrogen functional groups attached to an aromatic ring is 1. The van der Waals surface area contributed by atoms with Gasteiger partial charge in [-0.3, -0.25) is 4.79 Å². The summed E-state index contributed by atoms with van der Waals surface area (Å²) < 4.78 is 13.5. The fourth-order valence-corrected chi connectivity index (χ4v) is 3.73. The minimum atomic E-state index is -0.520. The minimum Gasteiger partial charge on any atom is -0.396 e. The molecule has 21 heavy (non-hydrogen) atoms. The molecule has 1 aromatic carbocycles. The van der Waals surface area contributed by atoms with Gasteiger partial charge in [0.2, 0.25) is 0 Å². The van der Waals surface area contributed by atoms with Crippen molar-refractivity contribution in [2.24, 2.45) is 5.92 Å². The minimum absolute atomic E-state index is 0.0367. The molecular formula is C16H22FN3O. The zero-order chi connectivity index (χ0) is 15.0. The molecule has 2 aliphatic heterocycles. The molecule has 2 aliphatic rings. The van der Waals surface area contributed by atoms with Gasteiger partial charge in [-0.25, -0.2) is 4.39 Å². The van der Waals surface area contributed by atoms with Crippen molar-refractivity contribution in [3.63, 3.8) is 0 Å². The summed E-state index contributed by atoms with van der Waals surface area (Å²) in [6, 6.07) is 5.02. The van der Waals surface area contributed by atoms with E-state index in [1.807, 2.05) is 4.90 Å². The number of rotatable bonds is 1. The zero-order valence-corrected chi connectivity index (χ0v) is 12.4. The van der Waals surface area contributed by atoms with Crippen LogP contribution in [0.3, 0.4) is 0 Å². The van der Waals surface area contributed by atoms with Crippen molar-refractivity contribution >= 4 is 11.6 Å². The van der Waals surface area contributed by atoms with E-state index in [9.17, 15) is 9.18 Å². The third-order valence-corrected chi connectivity index (χ3v) is 4.92. The van der Waals surface area contributed by atoms with Gasteiger partial charge in [0.05, 0.1) is 11.3 Å². The number of fused-ring (bicyclic) bond motifs is 1. The molecule has 0 saturated carbocycles. The molecular weight excluding hydrogens is 269 g/mol. The van der Waals surface area contributed by atoms with Gasteiger partial charge in [-0.05, 0) is 50.9 Å². The zero-order valence-electron chi connectivity index (χ0n) is 12.4. The second-order valence-electron chi connectivity index (χ2n) is 6.19. The fraction of sp³-hybridized carbons (Fsp3) is 0.562. The number of amides is 1. The monoisotopic (exact) mass is 291 g/mol. The Bertz CT molecular complexity index is 548. The first-order chi connectivity index (χ1) is 10.1. The highest BCUT2D eigenvalue weighted by Crippen LogP contribution is 2.30.